The predicted octanol–water partition coefficient (Wildman–Crippen LogP) is 4.85. The number of esters is 2. The SMILES string of the molecule is O=C(CCNC(=O)NCc1ccc(Cl)c(Cl)c1)NCC(=O)NC(CC(=O)OC(=O)C(F)(F)F)c1ccc(-c2ccccc2)cc1. The zero-order valence-electron chi connectivity index (χ0n) is 23.4. The summed E-state index contributed by atoms with van der Waals surface area (Å²) in [4.78, 5) is 60.0. The summed E-state index contributed by atoms with van der Waals surface area (Å²) >= 11 is 11.8. The maximum Gasteiger partial charge on any atom is 0.491 e. The Morgan fingerprint density at radius 1 is 0.778 bits per heavy atom. The van der Waals surface area contributed by atoms with Crippen LogP contribution in [0, 0.1) is 0 Å². The van der Waals surface area contributed by atoms with Gasteiger partial charge in [-0.25, -0.2) is 9.59 Å². The van der Waals surface area contributed by atoms with Gasteiger partial charge in [-0.15, -0.1) is 0 Å². The third-order valence-corrected chi connectivity index (χ3v) is 6.82. The molecular weight excluding hydrogens is 640 g/mol. The first-order valence-corrected chi connectivity index (χ1v) is 14.1. The minimum absolute atomic E-state index is 0.0594. The van der Waals surface area contributed by atoms with Crippen molar-refractivity contribution in [3.05, 3.63) is 94.0 Å². The first-order valence-electron chi connectivity index (χ1n) is 13.3. The number of ether oxygens (including phenoxy) is 1. The van der Waals surface area contributed by atoms with Crippen LogP contribution in [0.3, 0.4) is 0 Å². The number of amides is 4. The molecule has 1 atom stereocenters. The van der Waals surface area contributed by atoms with Crippen molar-refractivity contribution in [1.82, 2.24) is 21.3 Å². The number of urea groups is 1. The number of hydrogen-bond donors (Lipinski definition) is 4. The zero-order valence-corrected chi connectivity index (χ0v) is 24.9. The normalized spacial score (nSPS) is 11.6. The molecule has 0 aliphatic carbocycles. The Hall–Kier alpha value is -4.62. The molecule has 3 rings (SSSR count). The molecule has 0 heterocycles. The molecule has 1 unspecified atom stereocenters. The molecule has 0 bridgehead atoms. The highest BCUT2D eigenvalue weighted by molar-refractivity contribution is 6.42. The number of halogens is 5. The van der Waals surface area contributed by atoms with Crippen molar-refractivity contribution in [2.45, 2.75) is 31.6 Å². The summed E-state index contributed by atoms with van der Waals surface area (Å²) in [6.45, 7) is -0.448. The molecule has 4 amide bonds. The van der Waals surface area contributed by atoms with Crippen LogP contribution in [0.5, 0.6) is 0 Å². The van der Waals surface area contributed by atoms with Crippen LogP contribution in [-0.4, -0.2) is 49.0 Å². The summed E-state index contributed by atoms with van der Waals surface area (Å²) in [5, 5.41) is 10.6. The first-order chi connectivity index (χ1) is 21.3. The van der Waals surface area contributed by atoms with Gasteiger partial charge in [-0.05, 0) is 34.4 Å². The minimum Gasteiger partial charge on any atom is -0.386 e. The van der Waals surface area contributed by atoms with Crippen LogP contribution in [0.4, 0.5) is 18.0 Å². The lowest BCUT2D eigenvalue weighted by atomic mass is 9.99. The van der Waals surface area contributed by atoms with E-state index in [0.29, 0.717) is 21.2 Å². The van der Waals surface area contributed by atoms with Gasteiger partial charge in [0.05, 0.1) is 29.1 Å². The lowest BCUT2D eigenvalue weighted by Crippen LogP contribution is -2.41. The molecule has 45 heavy (non-hydrogen) atoms. The highest BCUT2D eigenvalue weighted by Gasteiger charge is 2.42. The second-order valence-corrected chi connectivity index (χ2v) is 10.3. The van der Waals surface area contributed by atoms with E-state index in [1.807, 2.05) is 30.3 Å². The molecule has 0 aliphatic rings. The Bertz CT molecular complexity index is 1520. The van der Waals surface area contributed by atoms with Crippen molar-refractivity contribution in [3.8, 4) is 11.1 Å². The Kier molecular flexibility index (Phi) is 12.7. The summed E-state index contributed by atoms with van der Waals surface area (Å²) in [5.41, 5.74) is 2.71. The molecule has 3 aromatic rings. The number of alkyl halides is 3. The average Bonchev–Trinajstić information content (AvgIpc) is 3.00. The molecule has 10 nitrogen and oxygen atoms in total. The molecule has 0 aromatic heterocycles. The van der Waals surface area contributed by atoms with E-state index >= 15 is 0 Å². The van der Waals surface area contributed by atoms with E-state index in [4.69, 9.17) is 23.2 Å². The molecule has 0 saturated carbocycles. The fraction of sp³-hybridized carbons (Fsp3) is 0.233. The quantitative estimate of drug-likeness (QED) is 0.161. The van der Waals surface area contributed by atoms with Gasteiger partial charge in [-0.2, -0.15) is 13.2 Å². The van der Waals surface area contributed by atoms with Gasteiger partial charge in [0.2, 0.25) is 11.8 Å². The van der Waals surface area contributed by atoms with Crippen molar-refractivity contribution in [2.24, 2.45) is 0 Å². The van der Waals surface area contributed by atoms with Crippen LogP contribution in [-0.2, 0) is 30.5 Å². The Morgan fingerprint density at radius 3 is 2.09 bits per heavy atom. The van der Waals surface area contributed by atoms with Gasteiger partial charge < -0.3 is 26.0 Å². The lowest BCUT2D eigenvalue weighted by molar-refractivity contribution is -0.202. The number of carbonyl (C=O) groups is 5. The molecule has 3 aromatic carbocycles. The average molecular weight is 667 g/mol. The van der Waals surface area contributed by atoms with Crippen molar-refractivity contribution < 1.29 is 41.9 Å². The third kappa shape index (κ3) is 11.8. The van der Waals surface area contributed by atoms with Crippen LogP contribution in [0.15, 0.2) is 72.8 Å². The smallest absolute Gasteiger partial charge is 0.386 e. The van der Waals surface area contributed by atoms with Gasteiger partial charge in [0.1, 0.15) is 0 Å². The minimum atomic E-state index is -5.38. The van der Waals surface area contributed by atoms with Crippen molar-refractivity contribution >= 4 is 53.0 Å². The molecular formula is C30H27Cl2F3N4O6. The second kappa shape index (κ2) is 16.5. The van der Waals surface area contributed by atoms with Crippen molar-refractivity contribution in [1.29, 1.82) is 0 Å². The molecule has 0 radical (unpaired) electrons. The number of nitrogens with one attached hydrogen (secondary N) is 4. The Balaban J connectivity index is 1.51. The van der Waals surface area contributed by atoms with Crippen LogP contribution < -0.4 is 21.3 Å². The summed E-state index contributed by atoms with van der Waals surface area (Å²) in [6, 6.07) is 18.8. The highest BCUT2D eigenvalue weighted by atomic mass is 35.5. The standard InChI is InChI=1S/C30H27Cl2F3N4O6/c31-22-11-6-18(14-23(22)32)16-38-29(44)36-13-12-25(40)37-17-26(41)39-24(15-27(42)45-28(43)30(33,34)35)21-9-7-20(8-10-21)19-4-2-1-3-5-19/h1-11,14,24H,12-13,15-17H2,(H,37,40)(H,39,41)(H2,36,38,44). The van der Waals surface area contributed by atoms with E-state index in [1.54, 1.807) is 42.5 Å². The summed E-state index contributed by atoms with van der Waals surface area (Å²) in [6.07, 6.45) is -6.35. The maximum atomic E-state index is 12.6. The zero-order chi connectivity index (χ0) is 33.0. The molecule has 0 fully saturated rings. The number of hydrogen-bond acceptors (Lipinski definition) is 6. The van der Waals surface area contributed by atoms with E-state index in [9.17, 15) is 37.1 Å². The van der Waals surface area contributed by atoms with Crippen LogP contribution in [0.2, 0.25) is 10.0 Å². The van der Waals surface area contributed by atoms with Gasteiger partial charge in [0.15, 0.2) is 0 Å². The van der Waals surface area contributed by atoms with Gasteiger partial charge in [-0.1, -0.05) is 83.9 Å². The Labute approximate surface area is 265 Å². The van der Waals surface area contributed by atoms with E-state index in [1.165, 1.54) is 0 Å². The van der Waals surface area contributed by atoms with Gasteiger partial charge in [0.25, 0.3) is 0 Å². The fourth-order valence-electron chi connectivity index (χ4n) is 3.86. The van der Waals surface area contributed by atoms with Crippen molar-refractivity contribution in [3.63, 3.8) is 0 Å². The molecule has 0 aliphatic heterocycles. The molecule has 0 spiro atoms. The molecule has 238 valence electrons. The second-order valence-electron chi connectivity index (χ2n) is 9.46. The monoisotopic (exact) mass is 666 g/mol. The summed E-state index contributed by atoms with van der Waals surface area (Å²) < 4.78 is 41.6. The van der Waals surface area contributed by atoms with E-state index in [-0.39, 0.29) is 19.5 Å². The number of carbonyl (C=O) groups excluding carboxylic acids is 5. The van der Waals surface area contributed by atoms with Gasteiger partial charge >= 0.3 is 24.1 Å². The third-order valence-electron chi connectivity index (χ3n) is 6.08. The van der Waals surface area contributed by atoms with Crippen LogP contribution in [0.1, 0.15) is 30.0 Å². The highest BCUT2D eigenvalue weighted by Crippen LogP contribution is 2.25. The van der Waals surface area contributed by atoms with Gasteiger partial charge in [0, 0.05) is 19.5 Å². The molecule has 4 N–H and O–H groups in total. The number of rotatable bonds is 12. The van der Waals surface area contributed by atoms with Crippen LogP contribution in [0.25, 0.3) is 11.1 Å². The largest absolute Gasteiger partial charge is 0.491 e. The Morgan fingerprint density at radius 2 is 1.44 bits per heavy atom. The van der Waals surface area contributed by atoms with Crippen molar-refractivity contribution in [2.75, 3.05) is 13.1 Å². The van der Waals surface area contributed by atoms with Gasteiger partial charge in [-0.3, -0.25) is 14.4 Å². The molecule has 0 saturated heterocycles. The summed E-state index contributed by atoms with van der Waals surface area (Å²) in [5.74, 6) is -5.56. The summed E-state index contributed by atoms with van der Waals surface area (Å²) in [7, 11) is 0. The first kappa shape index (κ1) is 34.9. The topological polar surface area (TPSA) is 143 Å². The maximum absolute atomic E-state index is 12.6. The van der Waals surface area contributed by atoms with E-state index in [0.717, 1.165) is 11.1 Å². The molecule has 15 heteroatoms. The fourth-order valence-corrected chi connectivity index (χ4v) is 4.18. The van der Waals surface area contributed by atoms with E-state index in [2.05, 4.69) is 26.0 Å². The predicted molar refractivity (Wildman–Crippen MR) is 159 cm³/mol. The number of benzene rings is 3. The lowest BCUT2D eigenvalue weighted by Gasteiger charge is -2.19. The van der Waals surface area contributed by atoms with E-state index < -0.39 is 55.0 Å². The van der Waals surface area contributed by atoms with Crippen LogP contribution >= 0.6 is 23.2 Å².